The molecule has 1 saturated carbocycles. The summed E-state index contributed by atoms with van der Waals surface area (Å²) < 4.78 is 11.3. The molecular formula is C21H22N2O4S. The van der Waals surface area contributed by atoms with E-state index in [1.165, 1.54) is 11.3 Å². The summed E-state index contributed by atoms with van der Waals surface area (Å²) >= 11 is 1.35. The molecule has 1 N–H and O–H groups in total. The van der Waals surface area contributed by atoms with Crippen LogP contribution in [-0.4, -0.2) is 36.5 Å². The van der Waals surface area contributed by atoms with Gasteiger partial charge in [0.05, 0.1) is 15.9 Å². The quantitative estimate of drug-likeness (QED) is 0.850. The third-order valence-electron chi connectivity index (χ3n) is 5.48. The number of anilines is 1. The number of ether oxygens (including phenoxy) is 2. The first-order valence-electron chi connectivity index (χ1n) is 9.80. The number of carbonyl (C=O) groups excluding carboxylic acids is 2. The highest BCUT2D eigenvalue weighted by Crippen LogP contribution is 2.39. The van der Waals surface area contributed by atoms with Crippen molar-refractivity contribution < 1.29 is 19.1 Å². The Hall–Kier alpha value is -2.54. The van der Waals surface area contributed by atoms with Gasteiger partial charge in [-0.15, -0.1) is 11.3 Å². The summed E-state index contributed by atoms with van der Waals surface area (Å²) in [6.45, 7) is 1.85. The third-order valence-corrected chi connectivity index (χ3v) is 6.46. The monoisotopic (exact) mass is 398 g/mol. The van der Waals surface area contributed by atoms with Crippen molar-refractivity contribution in [2.24, 2.45) is 5.92 Å². The minimum absolute atomic E-state index is 0.0225. The molecule has 1 unspecified atom stereocenters. The van der Waals surface area contributed by atoms with Crippen molar-refractivity contribution in [3.8, 4) is 11.5 Å². The van der Waals surface area contributed by atoms with Crippen molar-refractivity contribution in [3.63, 3.8) is 0 Å². The van der Waals surface area contributed by atoms with Gasteiger partial charge >= 0.3 is 0 Å². The number of thiophene rings is 1. The fourth-order valence-electron chi connectivity index (χ4n) is 3.85. The van der Waals surface area contributed by atoms with Crippen LogP contribution in [0.5, 0.6) is 11.5 Å². The molecule has 3 heterocycles. The maximum Gasteiger partial charge on any atom is 0.264 e. The Bertz CT molecular complexity index is 921. The van der Waals surface area contributed by atoms with Gasteiger partial charge in [0.25, 0.3) is 5.91 Å². The van der Waals surface area contributed by atoms with Crippen molar-refractivity contribution in [2.75, 3.05) is 25.1 Å². The van der Waals surface area contributed by atoms with E-state index in [-0.39, 0.29) is 23.8 Å². The lowest BCUT2D eigenvalue weighted by atomic mass is 10.0. The zero-order valence-electron chi connectivity index (χ0n) is 15.5. The third kappa shape index (κ3) is 3.35. The van der Waals surface area contributed by atoms with Crippen LogP contribution in [0, 0.1) is 5.92 Å². The van der Waals surface area contributed by atoms with Gasteiger partial charge in [0, 0.05) is 12.5 Å². The van der Waals surface area contributed by atoms with E-state index in [4.69, 9.17) is 9.47 Å². The van der Waals surface area contributed by atoms with Gasteiger partial charge in [-0.05, 0) is 55.5 Å². The molecule has 1 aliphatic carbocycles. The summed E-state index contributed by atoms with van der Waals surface area (Å²) in [7, 11) is 0. The zero-order chi connectivity index (χ0) is 19.1. The first kappa shape index (κ1) is 17.6. The van der Waals surface area contributed by atoms with Gasteiger partial charge in [0.15, 0.2) is 11.5 Å². The Labute approximate surface area is 167 Å². The number of nitrogens with zero attached hydrogens (tertiary/aromatic N) is 1. The fourth-order valence-corrected chi connectivity index (χ4v) is 4.72. The highest BCUT2D eigenvalue weighted by atomic mass is 32.1. The van der Waals surface area contributed by atoms with Crippen LogP contribution in [0.3, 0.4) is 0 Å². The van der Waals surface area contributed by atoms with Crippen LogP contribution in [0.25, 0.3) is 0 Å². The molecule has 5 rings (SSSR count). The average Bonchev–Trinajstić information content (AvgIpc) is 3.28. The highest BCUT2D eigenvalue weighted by molar-refractivity contribution is 7.18. The molecule has 3 aliphatic rings. The summed E-state index contributed by atoms with van der Waals surface area (Å²) in [5.41, 5.74) is 1.08. The summed E-state index contributed by atoms with van der Waals surface area (Å²) in [5.74, 6) is 1.76. The van der Waals surface area contributed by atoms with Gasteiger partial charge in [-0.3, -0.25) is 9.59 Å². The first-order valence-corrected chi connectivity index (χ1v) is 10.6. The molecule has 1 atom stereocenters. The Morgan fingerprint density at radius 2 is 1.86 bits per heavy atom. The molecule has 2 amide bonds. The fraction of sp³-hybridized carbons (Fsp3) is 0.429. The number of fused-ring (bicyclic) bond motifs is 1. The number of nitrogens with one attached hydrogen (secondary N) is 1. The standard InChI is InChI=1S/C21H22N2O4S/c24-20(13-3-4-13)22-19-8-7-18(28-19)21(25)23-9-1-2-15(23)14-5-6-16-17(12-14)27-11-10-26-16/h5-8,12-13,15H,1-4,9-11H2,(H,22,24). The second-order valence-corrected chi connectivity index (χ2v) is 8.57. The Morgan fingerprint density at radius 1 is 1.04 bits per heavy atom. The highest BCUT2D eigenvalue weighted by Gasteiger charge is 2.33. The summed E-state index contributed by atoms with van der Waals surface area (Å²) in [6.07, 6.45) is 3.84. The van der Waals surface area contributed by atoms with Crippen LogP contribution in [0.2, 0.25) is 0 Å². The topological polar surface area (TPSA) is 67.9 Å². The van der Waals surface area contributed by atoms with E-state index < -0.39 is 0 Å². The lowest BCUT2D eigenvalue weighted by Gasteiger charge is -2.26. The predicted octanol–water partition coefficient (Wildman–Crippen LogP) is 3.85. The summed E-state index contributed by atoms with van der Waals surface area (Å²) in [5, 5.41) is 3.67. The number of rotatable bonds is 4. The first-order chi connectivity index (χ1) is 13.7. The SMILES string of the molecule is O=C(Nc1ccc(C(=O)N2CCCC2c2ccc3c(c2)OCCO3)s1)C1CC1. The number of likely N-dealkylation sites (tertiary alicyclic amines) is 1. The number of carbonyl (C=O) groups is 2. The van der Waals surface area contributed by atoms with Gasteiger partial charge in [0.1, 0.15) is 13.2 Å². The van der Waals surface area contributed by atoms with E-state index in [0.717, 1.165) is 54.3 Å². The van der Waals surface area contributed by atoms with Gasteiger partial charge < -0.3 is 19.7 Å². The van der Waals surface area contributed by atoms with Crippen LogP contribution in [-0.2, 0) is 4.79 Å². The van der Waals surface area contributed by atoms with E-state index in [1.807, 2.05) is 35.2 Å². The van der Waals surface area contributed by atoms with E-state index in [1.54, 1.807) is 0 Å². The van der Waals surface area contributed by atoms with Crippen molar-refractivity contribution >= 4 is 28.2 Å². The molecule has 0 radical (unpaired) electrons. The Morgan fingerprint density at radius 3 is 2.68 bits per heavy atom. The van der Waals surface area contributed by atoms with Crippen molar-refractivity contribution in [1.29, 1.82) is 0 Å². The maximum absolute atomic E-state index is 13.1. The smallest absolute Gasteiger partial charge is 0.264 e. The molecule has 0 bridgehead atoms. The second kappa shape index (κ2) is 7.13. The lowest BCUT2D eigenvalue weighted by Crippen LogP contribution is -2.30. The van der Waals surface area contributed by atoms with E-state index in [2.05, 4.69) is 5.32 Å². The maximum atomic E-state index is 13.1. The minimum Gasteiger partial charge on any atom is -0.486 e. The van der Waals surface area contributed by atoms with Gasteiger partial charge in [0.2, 0.25) is 5.91 Å². The van der Waals surface area contributed by atoms with Crippen LogP contribution >= 0.6 is 11.3 Å². The lowest BCUT2D eigenvalue weighted by molar-refractivity contribution is -0.117. The van der Waals surface area contributed by atoms with Gasteiger partial charge in [-0.1, -0.05) is 6.07 Å². The predicted molar refractivity (Wildman–Crippen MR) is 106 cm³/mol. The minimum atomic E-state index is 0.0225. The van der Waals surface area contributed by atoms with Crippen LogP contribution in [0.15, 0.2) is 30.3 Å². The normalized spacial score (nSPS) is 20.9. The molecular weight excluding hydrogens is 376 g/mol. The Balaban J connectivity index is 1.33. The summed E-state index contributed by atoms with van der Waals surface area (Å²) in [6, 6.07) is 9.64. The molecule has 146 valence electrons. The molecule has 1 saturated heterocycles. The van der Waals surface area contributed by atoms with Gasteiger partial charge in [-0.25, -0.2) is 0 Å². The number of hydrogen-bond acceptors (Lipinski definition) is 5. The van der Waals surface area contributed by atoms with Crippen LogP contribution < -0.4 is 14.8 Å². The van der Waals surface area contributed by atoms with Crippen molar-refractivity contribution in [3.05, 3.63) is 40.8 Å². The molecule has 2 fully saturated rings. The zero-order valence-corrected chi connectivity index (χ0v) is 16.3. The second-order valence-electron chi connectivity index (χ2n) is 7.49. The largest absolute Gasteiger partial charge is 0.486 e. The van der Waals surface area contributed by atoms with Gasteiger partial charge in [-0.2, -0.15) is 0 Å². The molecule has 28 heavy (non-hydrogen) atoms. The number of hydrogen-bond donors (Lipinski definition) is 1. The number of benzene rings is 1. The van der Waals surface area contributed by atoms with Crippen LogP contribution in [0.1, 0.15) is 47.0 Å². The van der Waals surface area contributed by atoms with Crippen molar-refractivity contribution in [1.82, 2.24) is 4.90 Å². The molecule has 6 nitrogen and oxygen atoms in total. The summed E-state index contributed by atoms with van der Waals surface area (Å²) in [4.78, 5) is 27.7. The molecule has 1 aromatic carbocycles. The van der Waals surface area contributed by atoms with E-state index in [0.29, 0.717) is 18.1 Å². The molecule has 2 aromatic rings. The van der Waals surface area contributed by atoms with Crippen LogP contribution in [0.4, 0.5) is 5.00 Å². The average molecular weight is 398 g/mol. The molecule has 7 heteroatoms. The van der Waals surface area contributed by atoms with Crippen molar-refractivity contribution in [2.45, 2.75) is 31.7 Å². The molecule has 2 aliphatic heterocycles. The number of amides is 2. The molecule has 1 aromatic heterocycles. The molecule has 0 spiro atoms. The van der Waals surface area contributed by atoms with E-state index >= 15 is 0 Å². The van der Waals surface area contributed by atoms with E-state index in [9.17, 15) is 9.59 Å². The Kier molecular flexibility index (Phi) is 4.47.